The molecule has 4 N–H and O–H groups in total. The molecule has 178 valence electrons. The third-order valence-electron chi connectivity index (χ3n) is 6.48. The minimum Gasteiger partial charge on any atom is -0.487 e. The lowest BCUT2D eigenvalue weighted by Crippen LogP contribution is -2.45. The van der Waals surface area contributed by atoms with Crippen LogP contribution in [0.25, 0.3) is 10.9 Å². The summed E-state index contributed by atoms with van der Waals surface area (Å²) in [5.41, 5.74) is 12.3. The van der Waals surface area contributed by atoms with Gasteiger partial charge in [0, 0.05) is 32.4 Å². The number of carbonyl (C=O) groups is 1. The summed E-state index contributed by atoms with van der Waals surface area (Å²) in [6.45, 7) is 5.15. The van der Waals surface area contributed by atoms with Gasteiger partial charge in [-0.2, -0.15) is 0 Å². The van der Waals surface area contributed by atoms with Gasteiger partial charge in [-0.1, -0.05) is 12.1 Å². The summed E-state index contributed by atoms with van der Waals surface area (Å²) in [6, 6.07) is 8.01. The maximum atomic E-state index is 15.4. The molecule has 2 aliphatic rings. The van der Waals surface area contributed by atoms with Crippen molar-refractivity contribution in [1.29, 1.82) is 0 Å². The molecule has 0 unspecified atom stereocenters. The first-order valence-corrected chi connectivity index (χ1v) is 11.2. The number of anilines is 3. The van der Waals surface area contributed by atoms with Crippen LogP contribution in [0.5, 0.6) is 5.75 Å². The van der Waals surface area contributed by atoms with Crippen molar-refractivity contribution in [3.8, 4) is 5.75 Å². The number of nitrogens with zero attached hydrogens (tertiary/aromatic N) is 3. The molecule has 1 fully saturated rings. The second-order valence-corrected chi connectivity index (χ2v) is 8.83. The first-order chi connectivity index (χ1) is 16.3. The van der Waals surface area contributed by atoms with E-state index in [1.54, 1.807) is 24.3 Å². The molecule has 1 aromatic heterocycles. The van der Waals surface area contributed by atoms with Crippen LogP contribution in [0.1, 0.15) is 23.3 Å². The van der Waals surface area contributed by atoms with Gasteiger partial charge in [0.2, 0.25) is 5.43 Å². The van der Waals surface area contributed by atoms with Gasteiger partial charge in [-0.25, -0.2) is 4.39 Å². The van der Waals surface area contributed by atoms with E-state index in [1.807, 2.05) is 23.4 Å². The highest BCUT2D eigenvalue weighted by atomic mass is 19.1. The van der Waals surface area contributed by atoms with Gasteiger partial charge in [-0.05, 0) is 32.2 Å². The Kier molecular flexibility index (Phi) is 5.52. The predicted octanol–water partition coefficient (Wildman–Crippen LogP) is 2.18. The number of aromatic nitrogens is 1. The zero-order valence-corrected chi connectivity index (χ0v) is 19.1. The fraction of sp³-hybridized carbons (Fsp3) is 0.333. The monoisotopic (exact) mass is 466 g/mol. The standard InChI is InChI=1S/C24H27FN6O3/c1-14-13-34-23-20-15(11-17(25)21(23)30-9-7-29(2)8-10-30)22(32)16(12-31(14)20)24(33)28-27-19-6-4-3-5-18(19)26/h3-6,11-12,14,27H,7-10,13,26H2,1-2H3,(H,28,33)/t14-/m0/s1. The number of amides is 1. The molecule has 1 atom stereocenters. The van der Waals surface area contributed by atoms with Crippen LogP contribution in [0, 0.1) is 5.82 Å². The lowest BCUT2D eigenvalue weighted by molar-refractivity contribution is 0.0960. The van der Waals surface area contributed by atoms with Crippen LogP contribution in [-0.4, -0.2) is 55.2 Å². The van der Waals surface area contributed by atoms with Gasteiger partial charge in [0.25, 0.3) is 5.91 Å². The minimum atomic E-state index is -0.636. The van der Waals surface area contributed by atoms with Gasteiger partial charge in [0.1, 0.15) is 17.9 Å². The van der Waals surface area contributed by atoms with Crippen LogP contribution in [0.4, 0.5) is 21.5 Å². The molecule has 9 nitrogen and oxygen atoms in total. The molecule has 1 saturated heterocycles. The number of nitrogens with two attached hydrogens (primary N) is 1. The molecule has 3 heterocycles. The van der Waals surface area contributed by atoms with Gasteiger partial charge >= 0.3 is 0 Å². The Morgan fingerprint density at radius 2 is 1.94 bits per heavy atom. The van der Waals surface area contributed by atoms with Crippen molar-refractivity contribution < 1.29 is 13.9 Å². The number of hydrogen-bond donors (Lipinski definition) is 3. The number of likely N-dealkylation sites (N-methyl/N-ethyl adjacent to an activating group) is 1. The molecule has 1 amide bonds. The first-order valence-electron chi connectivity index (χ1n) is 11.2. The highest BCUT2D eigenvalue weighted by molar-refractivity contribution is 6.00. The topological polar surface area (TPSA) is 105 Å². The van der Waals surface area contributed by atoms with Crippen molar-refractivity contribution in [2.75, 3.05) is 55.9 Å². The summed E-state index contributed by atoms with van der Waals surface area (Å²) in [5.74, 6) is -0.808. The van der Waals surface area contributed by atoms with E-state index in [9.17, 15) is 9.59 Å². The Bertz CT molecular complexity index is 1330. The van der Waals surface area contributed by atoms with E-state index in [0.717, 1.165) is 13.1 Å². The quantitative estimate of drug-likeness (QED) is 0.400. The number of hydrogen-bond acceptors (Lipinski definition) is 7. The fourth-order valence-corrected chi connectivity index (χ4v) is 4.50. The van der Waals surface area contributed by atoms with E-state index in [-0.39, 0.29) is 17.0 Å². The number of piperazine rings is 1. The number of nitrogens with one attached hydrogen (secondary N) is 2. The molecule has 0 saturated carbocycles. The average molecular weight is 467 g/mol. The predicted molar refractivity (Wildman–Crippen MR) is 130 cm³/mol. The largest absolute Gasteiger partial charge is 0.487 e. The fourth-order valence-electron chi connectivity index (χ4n) is 4.50. The maximum absolute atomic E-state index is 15.4. The van der Waals surface area contributed by atoms with E-state index in [0.29, 0.717) is 48.0 Å². The summed E-state index contributed by atoms with van der Waals surface area (Å²) in [4.78, 5) is 30.4. The van der Waals surface area contributed by atoms with Gasteiger partial charge in [0.05, 0.1) is 28.3 Å². The minimum absolute atomic E-state index is 0.0963. The average Bonchev–Trinajstić information content (AvgIpc) is 2.82. The van der Waals surface area contributed by atoms with Crippen molar-refractivity contribution in [2.24, 2.45) is 0 Å². The van der Waals surface area contributed by atoms with Crippen molar-refractivity contribution in [3.05, 3.63) is 58.1 Å². The number of ether oxygens (including phenoxy) is 1. The summed E-state index contributed by atoms with van der Waals surface area (Å²) in [5, 5.41) is 0.115. The lowest BCUT2D eigenvalue weighted by atomic mass is 10.0. The van der Waals surface area contributed by atoms with Crippen molar-refractivity contribution >= 4 is 33.9 Å². The van der Waals surface area contributed by atoms with Crippen molar-refractivity contribution in [2.45, 2.75) is 13.0 Å². The lowest BCUT2D eigenvalue weighted by Gasteiger charge is -2.37. The number of nitrogen functional groups attached to an aromatic ring is 1. The van der Waals surface area contributed by atoms with E-state index in [1.165, 1.54) is 12.3 Å². The Morgan fingerprint density at radius 1 is 1.21 bits per heavy atom. The maximum Gasteiger partial charge on any atom is 0.275 e. The van der Waals surface area contributed by atoms with Crippen LogP contribution in [-0.2, 0) is 0 Å². The number of benzene rings is 2. The molecule has 2 aromatic carbocycles. The van der Waals surface area contributed by atoms with Crippen molar-refractivity contribution in [3.63, 3.8) is 0 Å². The number of pyridine rings is 1. The Morgan fingerprint density at radius 3 is 2.68 bits per heavy atom. The molecule has 5 rings (SSSR count). The molecule has 3 aromatic rings. The SMILES string of the molecule is C[C@H]1COc2c(N3CCN(C)CC3)c(F)cc3c(=O)c(C(=O)NNc4ccccc4N)cn1c23. The summed E-state index contributed by atoms with van der Waals surface area (Å²) < 4.78 is 23.2. The van der Waals surface area contributed by atoms with Crippen LogP contribution < -0.4 is 31.7 Å². The normalized spacial score (nSPS) is 18.0. The van der Waals surface area contributed by atoms with Gasteiger partial charge in [-0.15, -0.1) is 0 Å². The number of rotatable bonds is 4. The van der Waals surface area contributed by atoms with E-state index >= 15 is 4.39 Å². The molecular weight excluding hydrogens is 439 g/mol. The van der Waals surface area contributed by atoms with Crippen LogP contribution in [0.2, 0.25) is 0 Å². The number of hydrazine groups is 1. The number of halogens is 1. The van der Waals surface area contributed by atoms with Crippen LogP contribution in [0.3, 0.4) is 0 Å². The molecule has 34 heavy (non-hydrogen) atoms. The van der Waals surface area contributed by atoms with Gasteiger partial charge in [0.15, 0.2) is 11.6 Å². The zero-order valence-electron chi connectivity index (χ0n) is 19.1. The molecule has 0 radical (unpaired) electrons. The summed E-state index contributed by atoms with van der Waals surface area (Å²) in [7, 11) is 2.03. The third-order valence-corrected chi connectivity index (χ3v) is 6.48. The molecule has 0 bridgehead atoms. The number of para-hydroxylation sites is 2. The highest BCUT2D eigenvalue weighted by Gasteiger charge is 2.31. The Hall–Kier alpha value is -3.79. The van der Waals surface area contributed by atoms with Gasteiger partial charge in [-0.3, -0.25) is 20.4 Å². The smallest absolute Gasteiger partial charge is 0.275 e. The third kappa shape index (κ3) is 3.69. The molecule has 0 aliphatic carbocycles. The molecule has 2 aliphatic heterocycles. The van der Waals surface area contributed by atoms with Crippen LogP contribution in [0.15, 0.2) is 41.3 Å². The van der Waals surface area contributed by atoms with E-state index in [4.69, 9.17) is 10.5 Å². The summed E-state index contributed by atoms with van der Waals surface area (Å²) >= 11 is 0. The molecule has 10 heteroatoms. The van der Waals surface area contributed by atoms with Gasteiger partial charge < -0.3 is 24.8 Å². The van der Waals surface area contributed by atoms with Crippen molar-refractivity contribution in [1.82, 2.24) is 14.9 Å². The summed E-state index contributed by atoms with van der Waals surface area (Å²) in [6.07, 6.45) is 1.53. The van der Waals surface area contributed by atoms with E-state index < -0.39 is 17.2 Å². The second kappa shape index (κ2) is 8.53. The van der Waals surface area contributed by atoms with Crippen LogP contribution >= 0.6 is 0 Å². The second-order valence-electron chi connectivity index (χ2n) is 8.83. The Labute approximate surface area is 195 Å². The first kappa shape index (κ1) is 22.0. The highest BCUT2D eigenvalue weighted by Crippen LogP contribution is 2.42. The zero-order chi connectivity index (χ0) is 24.0. The van der Waals surface area contributed by atoms with E-state index in [2.05, 4.69) is 15.8 Å². The Balaban J connectivity index is 1.57. The molecule has 0 spiro atoms. The number of carbonyl (C=O) groups excluding carboxylic acids is 1. The molecular formula is C24H27FN6O3.